The SMILES string of the molecule is CC[C@H]1NC(=O)c2cccc(c2)CNC(=O)[C@H](CC(=O)OCOC(=O)C(C)(C)C)NC(=O)CNC(=O)[C@H](CCCN=C(NC(=O)OCc2ccccc2)NC(=O)OCc2ccccc2)N(C)C1=O. The fourth-order valence-electron chi connectivity index (χ4n) is 6.24. The summed E-state index contributed by atoms with van der Waals surface area (Å²) in [6, 6.07) is 20.0. The molecule has 6 N–H and O–H groups in total. The Hall–Kier alpha value is -7.84. The van der Waals surface area contributed by atoms with E-state index in [2.05, 4.69) is 36.9 Å². The third-order valence-corrected chi connectivity index (χ3v) is 10.0. The van der Waals surface area contributed by atoms with E-state index in [1.54, 1.807) is 100 Å². The molecule has 2 bridgehead atoms. The first kappa shape index (κ1) is 52.8. The van der Waals surface area contributed by atoms with Crippen LogP contribution in [0.5, 0.6) is 0 Å². The minimum Gasteiger partial charge on any atom is -0.444 e. The summed E-state index contributed by atoms with van der Waals surface area (Å²) < 4.78 is 20.6. The van der Waals surface area contributed by atoms with E-state index in [9.17, 15) is 43.2 Å². The van der Waals surface area contributed by atoms with Crippen molar-refractivity contribution in [1.82, 2.24) is 36.8 Å². The monoisotopic (exact) mass is 942 g/mol. The van der Waals surface area contributed by atoms with Gasteiger partial charge < -0.3 is 45.1 Å². The third kappa shape index (κ3) is 17.9. The summed E-state index contributed by atoms with van der Waals surface area (Å²) in [5.74, 6) is -5.70. The van der Waals surface area contributed by atoms with Crippen LogP contribution in [0.4, 0.5) is 9.59 Å². The molecule has 364 valence electrons. The Morgan fingerprint density at radius 3 is 1.93 bits per heavy atom. The molecule has 7 amide bonds. The Labute approximate surface area is 393 Å². The van der Waals surface area contributed by atoms with Crippen molar-refractivity contribution in [2.75, 3.05) is 26.9 Å². The van der Waals surface area contributed by atoms with Crippen molar-refractivity contribution in [3.05, 3.63) is 107 Å². The molecule has 1 aliphatic rings. The number of esters is 2. The van der Waals surface area contributed by atoms with E-state index in [-0.39, 0.29) is 57.1 Å². The summed E-state index contributed by atoms with van der Waals surface area (Å²) in [4.78, 5) is 124. The molecule has 3 aromatic carbocycles. The predicted octanol–water partition coefficient (Wildman–Crippen LogP) is 2.72. The smallest absolute Gasteiger partial charge is 0.414 e. The van der Waals surface area contributed by atoms with Gasteiger partial charge in [0.25, 0.3) is 5.91 Å². The second-order valence-corrected chi connectivity index (χ2v) is 16.4. The summed E-state index contributed by atoms with van der Waals surface area (Å²) in [6.07, 6.45) is -2.48. The van der Waals surface area contributed by atoms with Crippen molar-refractivity contribution in [3.8, 4) is 0 Å². The van der Waals surface area contributed by atoms with Gasteiger partial charge >= 0.3 is 24.1 Å². The van der Waals surface area contributed by atoms with Gasteiger partial charge in [-0.3, -0.25) is 49.2 Å². The highest BCUT2D eigenvalue weighted by Gasteiger charge is 2.33. The van der Waals surface area contributed by atoms with Crippen LogP contribution in [0, 0.1) is 5.41 Å². The number of ether oxygens (including phenoxy) is 4. The largest absolute Gasteiger partial charge is 0.444 e. The van der Waals surface area contributed by atoms with Gasteiger partial charge in [-0.05, 0) is 68.9 Å². The van der Waals surface area contributed by atoms with Crippen molar-refractivity contribution in [1.29, 1.82) is 0 Å². The zero-order valence-electron chi connectivity index (χ0n) is 38.6. The van der Waals surface area contributed by atoms with E-state index in [4.69, 9.17) is 18.9 Å². The van der Waals surface area contributed by atoms with E-state index >= 15 is 0 Å². The van der Waals surface area contributed by atoms with Crippen molar-refractivity contribution >= 4 is 59.6 Å². The van der Waals surface area contributed by atoms with Gasteiger partial charge in [-0.25, -0.2) is 9.59 Å². The molecule has 21 heteroatoms. The van der Waals surface area contributed by atoms with Crippen LogP contribution in [0.2, 0.25) is 0 Å². The number of fused-ring (bicyclic) bond motifs is 2. The first-order valence-corrected chi connectivity index (χ1v) is 21.8. The number of hydrogen-bond donors (Lipinski definition) is 6. The number of likely N-dealkylation sites (N-methyl/N-ethyl adjacent to an activating group) is 1. The van der Waals surface area contributed by atoms with Gasteiger partial charge in [0.2, 0.25) is 36.4 Å². The molecular formula is C47H58N8O13. The molecule has 0 aliphatic carbocycles. The summed E-state index contributed by atoms with van der Waals surface area (Å²) in [6.45, 7) is 4.60. The van der Waals surface area contributed by atoms with Gasteiger partial charge in [-0.1, -0.05) is 79.7 Å². The fourth-order valence-corrected chi connectivity index (χ4v) is 6.24. The topological polar surface area (TPSA) is 278 Å². The lowest BCUT2D eigenvalue weighted by Gasteiger charge is -2.30. The highest BCUT2D eigenvalue weighted by Crippen LogP contribution is 2.16. The molecular weight excluding hydrogens is 885 g/mol. The zero-order chi connectivity index (χ0) is 49.6. The molecule has 3 aromatic rings. The fraction of sp³-hybridized carbons (Fsp3) is 0.404. The maximum absolute atomic E-state index is 14.0. The lowest BCUT2D eigenvalue weighted by molar-refractivity contribution is -0.173. The average Bonchev–Trinajstić information content (AvgIpc) is 3.32. The van der Waals surface area contributed by atoms with Crippen molar-refractivity contribution in [2.24, 2.45) is 10.4 Å². The molecule has 0 fully saturated rings. The van der Waals surface area contributed by atoms with Crippen LogP contribution in [0.15, 0.2) is 89.9 Å². The Kier molecular flexibility index (Phi) is 20.4. The number of carbonyl (C=O) groups is 9. The molecule has 21 nitrogen and oxygen atoms in total. The van der Waals surface area contributed by atoms with Crippen molar-refractivity contribution < 1.29 is 62.1 Å². The Balaban J connectivity index is 1.53. The van der Waals surface area contributed by atoms with Crippen LogP contribution in [0.3, 0.4) is 0 Å². The molecule has 1 aliphatic heterocycles. The maximum atomic E-state index is 14.0. The molecule has 0 unspecified atom stereocenters. The third-order valence-electron chi connectivity index (χ3n) is 10.0. The molecule has 3 atom stereocenters. The van der Waals surface area contributed by atoms with Crippen molar-refractivity contribution in [3.63, 3.8) is 0 Å². The molecule has 1 heterocycles. The first-order chi connectivity index (χ1) is 32.4. The molecule has 0 saturated carbocycles. The van der Waals surface area contributed by atoms with E-state index < -0.39 is 97.0 Å². The summed E-state index contributed by atoms with van der Waals surface area (Å²) >= 11 is 0. The van der Waals surface area contributed by atoms with Gasteiger partial charge in [0.1, 0.15) is 31.3 Å². The van der Waals surface area contributed by atoms with E-state index in [1.165, 1.54) is 19.2 Å². The second kappa shape index (κ2) is 26.3. The van der Waals surface area contributed by atoms with Gasteiger partial charge in [-0.15, -0.1) is 0 Å². The Morgan fingerprint density at radius 2 is 1.34 bits per heavy atom. The number of alkyl carbamates (subject to hydrolysis) is 2. The van der Waals surface area contributed by atoms with Gasteiger partial charge in [0.05, 0.1) is 18.4 Å². The first-order valence-electron chi connectivity index (χ1n) is 21.8. The summed E-state index contributed by atoms with van der Waals surface area (Å²) in [5.41, 5.74) is 1.15. The normalized spacial score (nSPS) is 17.0. The molecule has 0 radical (unpaired) electrons. The molecule has 0 aromatic heterocycles. The van der Waals surface area contributed by atoms with Crippen LogP contribution in [0.1, 0.15) is 80.4 Å². The quantitative estimate of drug-likeness (QED) is 0.0360. The Bertz CT molecular complexity index is 2230. The van der Waals surface area contributed by atoms with Crippen LogP contribution in [0.25, 0.3) is 0 Å². The minimum absolute atomic E-state index is 0.0538. The minimum atomic E-state index is -1.53. The molecule has 68 heavy (non-hydrogen) atoms. The van der Waals surface area contributed by atoms with Gasteiger partial charge in [0.15, 0.2) is 0 Å². The van der Waals surface area contributed by atoms with Crippen LogP contribution in [-0.4, -0.2) is 110 Å². The molecule has 4 rings (SSSR count). The van der Waals surface area contributed by atoms with Crippen LogP contribution >= 0.6 is 0 Å². The van der Waals surface area contributed by atoms with Crippen LogP contribution < -0.4 is 31.9 Å². The van der Waals surface area contributed by atoms with Crippen LogP contribution in [-0.2, 0) is 67.5 Å². The number of aliphatic imine (C=N–C) groups is 1. The number of amides is 7. The number of hydrogen-bond acceptors (Lipinski definition) is 14. The average molecular weight is 943 g/mol. The van der Waals surface area contributed by atoms with E-state index in [0.29, 0.717) is 16.7 Å². The standard InChI is InChI=1S/C47H58N8O13/c1-6-34-42(61)55(5)36(21-14-22-48-44(53-45(63)65-27-30-15-9-7-10-16-30)54-46(64)66-28-31-17-11-8-12-18-31)41(60)50-26-37(56)51-35(24-38(57)67-29-68-43(62)47(2,3)4)40(59)49-25-32-19-13-20-33(23-32)39(58)52-34/h7-13,15-20,23,34-36H,6,14,21-22,24-29H2,1-5H3,(H,49,59)(H,50,60)(H,51,56)(H,52,58)(H2,48,53,54,63,64)/t34-,35+,36+/m1/s1. The van der Waals surface area contributed by atoms with E-state index in [1.807, 2.05) is 0 Å². The van der Waals surface area contributed by atoms with Crippen molar-refractivity contribution in [2.45, 2.75) is 91.3 Å². The number of carbonyl (C=O) groups excluding carboxylic acids is 9. The van der Waals surface area contributed by atoms with Gasteiger partial charge in [0, 0.05) is 25.7 Å². The summed E-state index contributed by atoms with van der Waals surface area (Å²) in [5, 5.41) is 15.0. The maximum Gasteiger partial charge on any atom is 0.414 e. The predicted molar refractivity (Wildman–Crippen MR) is 244 cm³/mol. The molecule has 0 spiro atoms. The number of rotatable bonds is 13. The number of nitrogens with one attached hydrogen (secondary N) is 6. The highest BCUT2D eigenvalue weighted by molar-refractivity contribution is 6.01. The number of guanidine groups is 1. The highest BCUT2D eigenvalue weighted by atomic mass is 16.7. The number of benzene rings is 3. The lowest BCUT2D eigenvalue weighted by atomic mass is 9.98. The zero-order valence-corrected chi connectivity index (χ0v) is 38.6. The number of nitrogens with zero attached hydrogens (tertiary/aromatic N) is 2. The lowest BCUT2D eigenvalue weighted by Crippen LogP contribution is -2.55. The van der Waals surface area contributed by atoms with E-state index in [0.717, 1.165) is 4.90 Å². The molecule has 0 saturated heterocycles. The summed E-state index contributed by atoms with van der Waals surface area (Å²) in [7, 11) is 1.36. The second-order valence-electron chi connectivity index (χ2n) is 16.4. The van der Waals surface area contributed by atoms with Gasteiger partial charge in [-0.2, -0.15) is 0 Å². The Morgan fingerprint density at radius 1 is 0.735 bits per heavy atom.